The number of rotatable bonds is 5. The maximum absolute atomic E-state index is 12.1. The second kappa shape index (κ2) is 6.81. The maximum Gasteiger partial charge on any atom is 0.308 e. The topological polar surface area (TPSA) is 86.7 Å². The number of benzene rings is 1. The van der Waals surface area contributed by atoms with Gasteiger partial charge in [-0.1, -0.05) is 19.9 Å². The average Bonchev–Trinajstić information content (AvgIpc) is 2.82. The van der Waals surface area contributed by atoms with Crippen molar-refractivity contribution in [1.29, 1.82) is 0 Å². The monoisotopic (exact) mass is 318 g/mol. The van der Waals surface area contributed by atoms with Gasteiger partial charge in [0.05, 0.1) is 5.92 Å². The van der Waals surface area contributed by atoms with E-state index in [9.17, 15) is 14.4 Å². The van der Waals surface area contributed by atoms with Crippen molar-refractivity contribution in [2.24, 2.45) is 11.8 Å². The highest BCUT2D eigenvalue weighted by atomic mass is 16.4. The van der Waals surface area contributed by atoms with E-state index in [4.69, 9.17) is 5.11 Å². The Morgan fingerprint density at radius 2 is 2.09 bits per heavy atom. The number of nitrogens with one attached hydrogen (secondary N) is 1. The van der Waals surface area contributed by atoms with E-state index >= 15 is 0 Å². The summed E-state index contributed by atoms with van der Waals surface area (Å²) in [6.45, 7) is 5.96. The molecule has 1 atom stereocenters. The Morgan fingerprint density at radius 1 is 1.39 bits per heavy atom. The second-order valence-electron chi connectivity index (χ2n) is 6.39. The predicted octanol–water partition coefficient (Wildman–Crippen LogP) is 2.42. The first-order chi connectivity index (χ1) is 10.8. The van der Waals surface area contributed by atoms with Crippen molar-refractivity contribution in [3.05, 3.63) is 23.8 Å². The van der Waals surface area contributed by atoms with Crippen LogP contribution in [0.3, 0.4) is 0 Å². The molecule has 2 amide bonds. The number of aryl methyl sites for hydroxylation is 1. The molecule has 2 rings (SSSR count). The largest absolute Gasteiger partial charge is 0.481 e. The van der Waals surface area contributed by atoms with E-state index in [0.29, 0.717) is 17.8 Å². The molecule has 2 N–H and O–H groups in total. The summed E-state index contributed by atoms with van der Waals surface area (Å²) in [6, 6.07) is 5.34. The minimum Gasteiger partial charge on any atom is -0.481 e. The third-order valence-electron chi connectivity index (χ3n) is 3.85. The highest BCUT2D eigenvalue weighted by Crippen LogP contribution is 2.30. The molecule has 1 aromatic carbocycles. The summed E-state index contributed by atoms with van der Waals surface area (Å²) in [7, 11) is 0. The molecule has 0 unspecified atom stereocenters. The predicted molar refractivity (Wildman–Crippen MR) is 87.4 cm³/mol. The van der Waals surface area contributed by atoms with E-state index in [1.807, 2.05) is 26.8 Å². The Bertz CT molecular complexity index is 639. The molecule has 124 valence electrons. The van der Waals surface area contributed by atoms with Crippen LogP contribution < -0.4 is 10.2 Å². The lowest BCUT2D eigenvalue weighted by Crippen LogP contribution is -2.26. The zero-order valence-electron chi connectivity index (χ0n) is 13.6. The zero-order valence-corrected chi connectivity index (χ0v) is 13.6. The van der Waals surface area contributed by atoms with Crippen molar-refractivity contribution >= 4 is 29.2 Å². The van der Waals surface area contributed by atoms with Gasteiger partial charge in [-0.15, -0.1) is 0 Å². The molecule has 0 aliphatic carbocycles. The van der Waals surface area contributed by atoms with Gasteiger partial charge in [0.2, 0.25) is 11.8 Å². The number of amides is 2. The van der Waals surface area contributed by atoms with Crippen LogP contribution in [0.25, 0.3) is 0 Å². The van der Waals surface area contributed by atoms with Crippen LogP contribution in [0.2, 0.25) is 0 Å². The fourth-order valence-electron chi connectivity index (χ4n) is 2.67. The van der Waals surface area contributed by atoms with Gasteiger partial charge in [0.15, 0.2) is 0 Å². The first kappa shape index (κ1) is 17.0. The van der Waals surface area contributed by atoms with Gasteiger partial charge in [0.25, 0.3) is 0 Å². The smallest absolute Gasteiger partial charge is 0.308 e. The summed E-state index contributed by atoms with van der Waals surface area (Å²) in [6.07, 6.45) is 0.436. The van der Waals surface area contributed by atoms with Crippen LogP contribution in [0.5, 0.6) is 0 Å². The summed E-state index contributed by atoms with van der Waals surface area (Å²) in [5, 5.41) is 11.9. The third-order valence-corrected chi connectivity index (χ3v) is 3.85. The van der Waals surface area contributed by atoms with Crippen LogP contribution in [-0.4, -0.2) is 29.4 Å². The quantitative estimate of drug-likeness (QED) is 0.873. The summed E-state index contributed by atoms with van der Waals surface area (Å²) in [4.78, 5) is 36.6. The minimum atomic E-state index is -0.958. The lowest BCUT2D eigenvalue weighted by atomic mass is 10.1. The molecule has 23 heavy (non-hydrogen) atoms. The Hall–Kier alpha value is -2.37. The molecule has 1 fully saturated rings. The van der Waals surface area contributed by atoms with Crippen LogP contribution >= 0.6 is 0 Å². The first-order valence-electron chi connectivity index (χ1n) is 7.71. The second-order valence-corrected chi connectivity index (χ2v) is 6.39. The number of carbonyl (C=O) groups excluding carboxylic acids is 2. The molecule has 1 aromatic rings. The molecule has 6 nitrogen and oxygen atoms in total. The molecule has 0 aromatic heterocycles. The summed E-state index contributed by atoms with van der Waals surface area (Å²) in [5.74, 6) is -1.66. The lowest BCUT2D eigenvalue weighted by molar-refractivity contribution is -0.141. The number of hydrogen-bond acceptors (Lipinski definition) is 3. The average molecular weight is 318 g/mol. The molecule has 0 spiro atoms. The van der Waals surface area contributed by atoms with Gasteiger partial charge < -0.3 is 15.3 Å². The summed E-state index contributed by atoms with van der Waals surface area (Å²) >= 11 is 0. The molecule has 0 bridgehead atoms. The number of nitrogens with zero attached hydrogens (tertiary/aromatic N) is 1. The number of carboxylic acid groups (broad SMARTS) is 1. The molecule has 0 saturated carbocycles. The van der Waals surface area contributed by atoms with Gasteiger partial charge >= 0.3 is 5.97 Å². The third kappa shape index (κ3) is 4.09. The van der Waals surface area contributed by atoms with E-state index < -0.39 is 11.9 Å². The molecule has 1 aliphatic heterocycles. The van der Waals surface area contributed by atoms with E-state index in [-0.39, 0.29) is 30.7 Å². The van der Waals surface area contributed by atoms with Gasteiger partial charge in [0.1, 0.15) is 0 Å². The van der Waals surface area contributed by atoms with E-state index in [2.05, 4.69) is 5.32 Å². The molecule has 1 saturated heterocycles. The van der Waals surface area contributed by atoms with Crippen molar-refractivity contribution in [3.63, 3.8) is 0 Å². The van der Waals surface area contributed by atoms with Crippen molar-refractivity contribution < 1.29 is 19.5 Å². The molecular formula is C17H22N2O4. The number of carboxylic acids is 1. The fourth-order valence-corrected chi connectivity index (χ4v) is 2.67. The fraction of sp³-hybridized carbons (Fsp3) is 0.471. The van der Waals surface area contributed by atoms with Crippen molar-refractivity contribution in [1.82, 2.24) is 0 Å². The van der Waals surface area contributed by atoms with Gasteiger partial charge in [-0.05, 0) is 30.5 Å². The minimum absolute atomic E-state index is 0.0126. The number of anilines is 2. The number of hydrogen-bond donors (Lipinski definition) is 2. The zero-order chi connectivity index (χ0) is 17.1. The van der Waals surface area contributed by atoms with Crippen LogP contribution in [0.15, 0.2) is 18.2 Å². The molecule has 1 aliphatic rings. The highest BCUT2D eigenvalue weighted by Gasteiger charge is 2.35. The van der Waals surface area contributed by atoms with E-state index in [1.54, 1.807) is 12.1 Å². The van der Waals surface area contributed by atoms with Crippen LogP contribution in [0.4, 0.5) is 11.4 Å². The summed E-state index contributed by atoms with van der Waals surface area (Å²) < 4.78 is 0. The van der Waals surface area contributed by atoms with E-state index in [1.165, 1.54) is 4.90 Å². The lowest BCUT2D eigenvalue weighted by Gasteiger charge is -2.20. The van der Waals surface area contributed by atoms with E-state index in [0.717, 1.165) is 5.56 Å². The highest BCUT2D eigenvalue weighted by molar-refractivity contribution is 6.00. The van der Waals surface area contributed by atoms with Crippen molar-refractivity contribution in [2.75, 3.05) is 16.8 Å². The normalized spacial score (nSPS) is 17.7. The Morgan fingerprint density at radius 3 is 2.65 bits per heavy atom. The number of carbonyl (C=O) groups is 3. The van der Waals surface area contributed by atoms with Crippen LogP contribution in [0, 0.1) is 18.8 Å². The van der Waals surface area contributed by atoms with Crippen LogP contribution in [-0.2, 0) is 14.4 Å². The molecular weight excluding hydrogens is 296 g/mol. The van der Waals surface area contributed by atoms with Gasteiger partial charge in [-0.3, -0.25) is 14.4 Å². The number of aliphatic carboxylic acids is 1. The standard InChI is InChI=1S/C17H22N2O4/c1-10(2)6-15(20)18-13-5-4-11(3)14(8-13)19-9-12(17(22)23)7-16(19)21/h4-5,8,10,12H,6-7,9H2,1-3H3,(H,18,20)(H,22,23)/t12-/m1/s1. The van der Waals surface area contributed by atoms with Crippen molar-refractivity contribution in [3.8, 4) is 0 Å². The van der Waals surface area contributed by atoms with Gasteiger partial charge in [-0.2, -0.15) is 0 Å². The summed E-state index contributed by atoms with van der Waals surface area (Å²) in [5.41, 5.74) is 2.13. The van der Waals surface area contributed by atoms with Gasteiger partial charge in [-0.25, -0.2) is 0 Å². The SMILES string of the molecule is Cc1ccc(NC(=O)CC(C)C)cc1N1C[C@H](C(=O)O)CC1=O. The molecule has 1 heterocycles. The Kier molecular flexibility index (Phi) is 5.03. The molecule has 0 radical (unpaired) electrons. The maximum atomic E-state index is 12.1. The Labute approximate surface area is 135 Å². The molecule has 6 heteroatoms. The first-order valence-corrected chi connectivity index (χ1v) is 7.71. The van der Waals surface area contributed by atoms with Gasteiger partial charge in [0, 0.05) is 30.8 Å². The Balaban J connectivity index is 2.19. The van der Waals surface area contributed by atoms with Crippen molar-refractivity contribution in [2.45, 2.75) is 33.6 Å². The van der Waals surface area contributed by atoms with Crippen LogP contribution in [0.1, 0.15) is 32.3 Å².